The van der Waals surface area contributed by atoms with Gasteiger partial charge in [0.05, 0.1) is 0 Å². The predicted molar refractivity (Wildman–Crippen MR) is 56.1 cm³/mol. The Bertz CT molecular complexity index is 258. The third-order valence-corrected chi connectivity index (χ3v) is 2.48. The summed E-state index contributed by atoms with van der Waals surface area (Å²) in [6.07, 6.45) is 1.16. The highest BCUT2D eigenvalue weighted by atomic mass is 15.0. The van der Waals surface area contributed by atoms with E-state index >= 15 is 0 Å². The monoisotopic (exact) mass is 176 g/mol. The van der Waals surface area contributed by atoms with Crippen LogP contribution in [0.3, 0.4) is 0 Å². The number of hydrogen-bond donors (Lipinski definition) is 2. The maximum absolute atomic E-state index is 3.51. The Morgan fingerprint density at radius 1 is 1.46 bits per heavy atom. The van der Waals surface area contributed by atoms with Crippen LogP contribution in [0.4, 0.5) is 5.69 Å². The molecule has 0 saturated heterocycles. The van der Waals surface area contributed by atoms with Crippen LogP contribution in [-0.4, -0.2) is 19.1 Å². The van der Waals surface area contributed by atoms with Gasteiger partial charge in [-0.25, -0.2) is 0 Å². The number of likely N-dealkylation sites (N-methyl/N-ethyl adjacent to an activating group) is 1. The minimum atomic E-state index is 0.581. The molecule has 0 bridgehead atoms. The minimum absolute atomic E-state index is 0.581. The first-order chi connectivity index (χ1) is 6.40. The lowest BCUT2D eigenvalue weighted by Crippen LogP contribution is -2.30. The maximum Gasteiger partial charge on any atom is 0.0427 e. The van der Waals surface area contributed by atoms with E-state index in [1.54, 1.807) is 0 Å². The number of rotatable bonds is 3. The summed E-state index contributed by atoms with van der Waals surface area (Å²) in [6.45, 7) is 4.25. The highest BCUT2D eigenvalue weighted by molar-refractivity contribution is 5.56. The van der Waals surface area contributed by atoms with Gasteiger partial charge in [-0.2, -0.15) is 0 Å². The molecule has 1 heterocycles. The van der Waals surface area contributed by atoms with Crippen LogP contribution in [0.25, 0.3) is 0 Å². The smallest absolute Gasteiger partial charge is 0.0427 e. The minimum Gasteiger partial charge on any atom is -0.380 e. The van der Waals surface area contributed by atoms with Gasteiger partial charge in [0.2, 0.25) is 0 Å². The standard InChI is InChI=1S/C11H16N2/c1-2-12-8-10-7-9-5-3-4-6-11(9)13-10/h3-6,10,12-13H,2,7-8H2,1H3. The van der Waals surface area contributed by atoms with Crippen molar-refractivity contribution in [3.05, 3.63) is 29.8 Å². The van der Waals surface area contributed by atoms with Crippen molar-refractivity contribution in [3.8, 4) is 0 Å². The maximum atomic E-state index is 3.51. The van der Waals surface area contributed by atoms with Crippen LogP contribution < -0.4 is 10.6 Å². The summed E-state index contributed by atoms with van der Waals surface area (Å²) >= 11 is 0. The van der Waals surface area contributed by atoms with Crippen LogP contribution in [-0.2, 0) is 6.42 Å². The molecule has 1 unspecified atom stereocenters. The fourth-order valence-electron chi connectivity index (χ4n) is 1.82. The van der Waals surface area contributed by atoms with Gasteiger partial charge >= 0.3 is 0 Å². The van der Waals surface area contributed by atoms with E-state index < -0.39 is 0 Å². The molecule has 0 saturated carbocycles. The van der Waals surface area contributed by atoms with Crippen molar-refractivity contribution in [2.24, 2.45) is 0 Å². The van der Waals surface area contributed by atoms with E-state index in [0.717, 1.165) is 19.5 Å². The second kappa shape index (κ2) is 3.79. The van der Waals surface area contributed by atoms with E-state index in [1.807, 2.05) is 0 Å². The molecule has 2 heteroatoms. The zero-order valence-electron chi connectivity index (χ0n) is 8.01. The van der Waals surface area contributed by atoms with Gasteiger partial charge in [0, 0.05) is 18.3 Å². The summed E-state index contributed by atoms with van der Waals surface area (Å²) in [6, 6.07) is 9.13. The first kappa shape index (κ1) is 8.57. The molecule has 2 nitrogen and oxygen atoms in total. The molecular formula is C11H16N2. The lowest BCUT2D eigenvalue weighted by molar-refractivity contribution is 0.633. The molecule has 0 aliphatic carbocycles. The quantitative estimate of drug-likeness (QED) is 0.731. The fraction of sp³-hybridized carbons (Fsp3) is 0.455. The molecule has 1 aliphatic heterocycles. The molecule has 70 valence electrons. The summed E-state index contributed by atoms with van der Waals surface area (Å²) in [4.78, 5) is 0. The van der Waals surface area contributed by atoms with Gasteiger partial charge in [-0.1, -0.05) is 25.1 Å². The Hall–Kier alpha value is -1.02. The van der Waals surface area contributed by atoms with Crippen molar-refractivity contribution in [3.63, 3.8) is 0 Å². The molecule has 2 rings (SSSR count). The lowest BCUT2D eigenvalue weighted by atomic mass is 10.1. The van der Waals surface area contributed by atoms with Crippen LogP contribution in [0.5, 0.6) is 0 Å². The number of anilines is 1. The van der Waals surface area contributed by atoms with E-state index in [1.165, 1.54) is 11.3 Å². The first-order valence-corrected chi connectivity index (χ1v) is 4.95. The van der Waals surface area contributed by atoms with Gasteiger partial charge in [-0.05, 0) is 24.6 Å². The van der Waals surface area contributed by atoms with Gasteiger partial charge in [-0.15, -0.1) is 0 Å². The van der Waals surface area contributed by atoms with Gasteiger partial charge in [0.15, 0.2) is 0 Å². The summed E-state index contributed by atoms with van der Waals surface area (Å²) < 4.78 is 0. The second-order valence-electron chi connectivity index (χ2n) is 3.51. The molecule has 1 atom stereocenters. The molecule has 1 aliphatic rings. The Morgan fingerprint density at radius 3 is 3.08 bits per heavy atom. The number of benzene rings is 1. The summed E-state index contributed by atoms with van der Waals surface area (Å²) in [5, 5.41) is 6.87. The zero-order chi connectivity index (χ0) is 9.10. The molecule has 0 fully saturated rings. The normalized spacial score (nSPS) is 19.6. The number of nitrogens with one attached hydrogen (secondary N) is 2. The SMILES string of the molecule is CCNCC1Cc2ccccc2N1. The van der Waals surface area contributed by atoms with E-state index in [-0.39, 0.29) is 0 Å². The largest absolute Gasteiger partial charge is 0.380 e. The number of hydrogen-bond acceptors (Lipinski definition) is 2. The average molecular weight is 176 g/mol. The third kappa shape index (κ3) is 1.83. The molecule has 13 heavy (non-hydrogen) atoms. The topological polar surface area (TPSA) is 24.1 Å². The zero-order valence-corrected chi connectivity index (χ0v) is 8.01. The van der Waals surface area contributed by atoms with Gasteiger partial charge in [0.1, 0.15) is 0 Å². The van der Waals surface area contributed by atoms with Crippen molar-refractivity contribution >= 4 is 5.69 Å². The first-order valence-electron chi connectivity index (χ1n) is 4.95. The van der Waals surface area contributed by atoms with Crippen molar-refractivity contribution in [2.75, 3.05) is 18.4 Å². The highest BCUT2D eigenvalue weighted by Crippen LogP contribution is 2.24. The Labute approximate surface area is 79.4 Å². The van der Waals surface area contributed by atoms with Gasteiger partial charge in [0.25, 0.3) is 0 Å². The Balaban J connectivity index is 1.97. The van der Waals surface area contributed by atoms with Crippen molar-refractivity contribution in [2.45, 2.75) is 19.4 Å². The van der Waals surface area contributed by atoms with Crippen molar-refractivity contribution in [1.82, 2.24) is 5.32 Å². The number of fused-ring (bicyclic) bond motifs is 1. The predicted octanol–water partition coefficient (Wildman–Crippen LogP) is 1.63. The fourth-order valence-corrected chi connectivity index (χ4v) is 1.82. The molecule has 1 aromatic carbocycles. The lowest BCUT2D eigenvalue weighted by Gasteiger charge is -2.10. The van der Waals surface area contributed by atoms with Crippen LogP contribution >= 0.6 is 0 Å². The summed E-state index contributed by atoms with van der Waals surface area (Å²) in [7, 11) is 0. The molecular weight excluding hydrogens is 160 g/mol. The van der Waals surface area contributed by atoms with Crippen LogP contribution in [0.15, 0.2) is 24.3 Å². The Morgan fingerprint density at radius 2 is 2.31 bits per heavy atom. The molecule has 1 aromatic rings. The van der Waals surface area contributed by atoms with E-state index in [4.69, 9.17) is 0 Å². The van der Waals surface area contributed by atoms with E-state index in [9.17, 15) is 0 Å². The average Bonchev–Trinajstić information content (AvgIpc) is 2.57. The molecule has 0 aromatic heterocycles. The number of para-hydroxylation sites is 1. The molecule has 2 N–H and O–H groups in total. The van der Waals surface area contributed by atoms with Gasteiger partial charge in [-0.3, -0.25) is 0 Å². The summed E-state index contributed by atoms with van der Waals surface area (Å²) in [5.74, 6) is 0. The highest BCUT2D eigenvalue weighted by Gasteiger charge is 2.18. The van der Waals surface area contributed by atoms with Crippen LogP contribution in [0, 0.1) is 0 Å². The second-order valence-corrected chi connectivity index (χ2v) is 3.51. The molecule has 0 amide bonds. The Kier molecular flexibility index (Phi) is 2.50. The van der Waals surface area contributed by atoms with Crippen molar-refractivity contribution in [1.29, 1.82) is 0 Å². The molecule has 0 radical (unpaired) electrons. The van der Waals surface area contributed by atoms with Crippen molar-refractivity contribution < 1.29 is 0 Å². The summed E-state index contributed by atoms with van der Waals surface area (Å²) in [5.41, 5.74) is 2.76. The van der Waals surface area contributed by atoms with Crippen LogP contribution in [0.2, 0.25) is 0 Å². The van der Waals surface area contributed by atoms with E-state index in [2.05, 4.69) is 41.8 Å². The van der Waals surface area contributed by atoms with E-state index in [0.29, 0.717) is 6.04 Å². The molecule has 0 spiro atoms. The third-order valence-electron chi connectivity index (χ3n) is 2.48. The van der Waals surface area contributed by atoms with Gasteiger partial charge < -0.3 is 10.6 Å². The van der Waals surface area contributed by atoms with Crippen LogP contribution in [0.1, 0.15) is 12.5 Å².